The molecule has 2 heterocycles. The summed E-state index contributed by atoms with van der Waals surface area (Å²) in [7, 11) is -0.949. The Morgan fingerprint density at radius 3 is 2.92 bits per heavy atom. The van der Waals surface area contributed by atoms with Crippen LogP contribution in [-0.2, 0) is 0 Å². The molecule has 8 heteroatoms. The average molecular weight is 332 g/mol. The van der Waals surface area contributed by atoms with E-state index in [2.05, 4.69) is 4.90 Å². The minimum atomic E-state index is -1.10. The lowest BCUT2D eigenvalue weighted by atomic mass is 9.76. The molecule has 4 rings (SSSR count). The molecule has 1 aromatic rings. The van der Waals surface area contributed by atoms with Crippen LogP contribution < -0.4 is 15.1 Å². The number of benzene rings is 1. The number of fused-ring (bicyclic) bond motifs is 3. The first kappa shape index (κ1) is 15.7. The molecule has 3 aliphatic rings. The molecule has 0 radical (unpaired) electrons. The van der Waals surface area contributed by atoms with Gasteiger partial charge in [0.1, 0.15) is 23.2 Å². The quantitative estimate of drug-likeness (QED) is 0.670. The summed E-state index contributed by atoms with van der Waals surface area (Å²) in [6.45, 7) is 4.92. The minimum absolute atomic E-state index is 0.0152. The summed E-state index contributed by atoms with van der Waals surface area (Å²) < 4.78 is 11.4. The molecule has 1 aromatic carbocycles. The summed E-state index contributed by atoms with van der Waals surface area (Å²) >= 11 is 0. The fraction of sp³-hybridized carbons (Fsp3) is 0.562. The van der Waals surface area contributed by atoms with E-state index in [1.807, 2.05) is 13.0 Å². The molecule has 3 atom stereocenters. The monoisotopic (exact) mass is 332 g/mol. The third kappa shape index (κ3) is 2.37. The van der Waals surface area contributed by atoms with Crippen molar-refractivity contribution in [1.29, 1.82) is 0 Å². The molecule has 2 aliphatic heterocycles. The Labute approximate surface area is 140 Å². The number of carbonyl (C=O) groups is 1. The van der Waals surface area contributed by atoms with Gasteiger partial charge in [0, 0.05) is 32.0 Å². The Morgan fingerprint density at radius 2 is 2.25 bits per heavy atom. The summed E-state index contributed by atoms with van der Waals surface area (Å²) in [6.07, 6.45) is -0.0474. The van der Waals surface area contributed by atoms with E-state index in [1.165, 1.54) is 0 Å². The molecule has 1 saturated carbocycles. The summed E-state index contributed by atoms with van der Waals surface area (Å²) in [5.41, 5.74) is 6.39. The van der Waals surface area contributed by atoms with E-state index < -0.39 is 13.1 Å². The zero-order valence-electron chi connectivity index (χ0n) is 13.5. The number of rotatable bonds is 5. The maximum absolute atomic E-state index is 11.8. The molecule has 1 aliphatic carbocycles. The minimum Gasteiger partial charge on any atom is -0.535 e. The van der Waals surface area contributed by atoms with Crippen molar-refractivity contribution in [2.24, 2.45) is 11.7 Å². The summed E-state index contributed by atoms with van der Waals surface area (Å²) in [6, 6.07) is 3.59. The van der Waals surface area contributed by atoms with Crippen LogP contribution in [0.3, 0.4) is 0 Å². The summed E-state index contributed by atoms with van der Waals surface area (Å²) in [4.78, 5) is 13.9. The Bertz CT molecular complexity index is 679. The molecule has 0 bridgehead atoms. The van der Waals surface area contributed by atoms with Crippen molar-refractivity contribution in [3.05, 3.63) is 23.3 Å². The standard InChI is InChI=1S/C16H21BN2O5/c1-8-12-10-2-3-11(23-9-6-19(7-9)5-4-18)13(16(20)21)15(10)24-17(22)14(8)12/h2-3,8-9,12,14,22H,4-7,18H2,1H3,(H,20,21). The van der Waals surface area contributed by atoms with Crippen molar-refractivity contribution in [1.82, 2.24) is 4.90 Å². The number of likely N-dealkylation sites (tertiary alicyclic amines) is 1. The van der Waals surface area contributed by atoms with Gasteiger partial charge in [-0.3, -0.25) is 4.90 Å². The summed E-state index contributed by atoms with van der Waals surface area (Å²) in [5.74, 6) is -0.0130. The first-order valence-electron chi connectivity index (χ1n) is 8.35. The number of carboxylic acid groups (broad SMARTS) is 1. The van der Waals surface area contributed by atoms with Crippen molar-refractivity contribution in [3.63, 3.8) is 0 Å². The van der Waals surface area contributed by atoms with Gasteiger partial charge in [0.15, 0.2) is 0 Å². The Kier molecular flexibility index (Phi) is 3.71. The van der Waals surface area contributed by atoms with E-state index in [-0.39, 0.29) is 29.2 Å². The van der Waals surface area contributed by atoms with Gasteiger partial charge in [0.25, 0.3) is 0 Å². The van der Waals surface area contributed by atoms with Crippen molar-refractivity contribution in [3.8, 4) is 11.5 Å². The molecular weight excluding hydrogens is 311 g/mol. The highest BCUT2D eigenvalue weighted by Gasteiger charge is 2.60. The molecule has 128 valence electrons. The van der Waals surface area contributed by atoms with E-state index in [0.717, 1.165) is 25.2 Å². The van der Waals surface area contributed by atoms with Crippen LogP contribution in [0.25, 0.3) is 0 Å². The molecule has 0 amide bonds. The predicted octanol–water partition coefficient (Wildman–Crippen LogP) is 0.383. The Hall–Kier alpha value is -1.77. The number of nitrogens with zero attached hydrogens (tertiary/aromatic N) is 1. The first-order valence-corrected chi connectivity index (χ1v) is 8.35. The zero-order valence-corrected chi connectivity index (χ0v) is 13.5. The number of carboxylic acids is 1. The van der Waals surface area contributed by atoms with Gasteiger partial charge in [0.05, 0.1) is 0 Å². The van der Waals surface area contributed by atoms with Crippen LogP contribution >= 0.6 is 0 Å². The van der Waals surface area contributed by atoms with Crippen LogP contribution in [0.2, 0.25) is 5.82 Å². The van der Waals surface area contributed by atoms with Crippen LogP contribution in [-0.4, -0.2) is 60.4 Å². The van der Waals surface area contributed by atoms with Gasteiger partial charge in [-0.1, -0.05) is 13.0 Å². The fourth-order valence-electron chi connectivity index (χ4n) is 4.03. The number of nitrogens with two attached hydrogens (primary N) is 1. The highest BCUT2D eigenvalue weighted by molar-refractivity contribution is 6.48. The lowest BCUT2D eigenvalue weighted by Crippen LogP contribution is -2.55. The van der Waals surface area contributed by atoms with Crippen LogP contribution in [0.5, 0.6) is 11.5 Å². The molecule has 24 heavy (non-hydrogen) atoms. The van der Waals surface area contributed by atoms with Crippen molar-refractivity contribution < 1.29 is 24.3 Å². The summed E-state index contributed by atoms with van der Waals surface area (Å²) in [5, 5.41) is 19.7. The number of aromatic carboxylic acids is 1. The number of hydrogen-bond acceptors (Lipinski definition) is 6. The first-order chi connectivity index (χ1) is 11.5. The van der Waals surface area contributed by atoms with Crippen LogP contribution in [0.1, 0.15) is 28.8 Å². The zero-order chi connectivity index (χ0) is 17.0. The van der Waals surface area contributed by atoms with Crippen molar-refractivity contribution >= 4 is 13.1 Å². The normalized spacial score (nSPS) is 28.5. The lowest BCUT2D eigenvalue weighted by Gasteiger charge is -2.39. The molecular formula is C16H21BN2O5. The van der Waals surface area contributed by atoms with Gasteiger partial charge in [0.2, 0.25) is 0 Å². The fourth-order valence-corrected chi connectivity index (χ4v) is 4.03. The van der Waals surface area contributed by atoms with Crippen LogP contribution in [0.15, 0.2) is 12.1 Å². The molecule has 7 nitrogen and oxygen atoms in total. The second-order valence-corrected chi connectivity index (χ2v) is 6.92. The smallest absolute Gasteiger partial charge is 0.526 e. The Balaban J connectivity index is 1.60. The molecule has 0 spiro atoms. The Morgan fingerprint density at radius 1 is 1.50 bits per heavy atom. The maximum Gasteiger partial charge on any atom is 0.526 e. The predicted molar refractivity (Wildman–Crippen MR) is 87.6 cm³/mol. The van der Waals surface area contributed by atoms with Gasteiger partial charge in [-0.25, -0.2) is 4.79 Å². The largest absolute Gasteiger partial charge is 0.535 e. The molecule has 3 unspecified atom stereocenters. The van der Waals surface area contributed by atoms with E-state index in [0.29, 0.717) is 18.2 Å². The molecule has 1 saturated heterocycles. The van der Waals surface area contributed by atoms with E-state index in [1.54, 1.807) is 6.07 Å². The molecule has 2 fully saturated rings. The number of hydrogen-bond donors (Lipinski definition) is 3. The van der Waals surface area contributed by atoms with Gasteiger partial charge in [-0.15, -0.1) is 0 Å². The van der Waals surface area contributed by atoms with Crippen molar-refractivity contribution in [2.45, 2.75) is 24.8 Å². The van der Waals surface area contributed by atoms with Gasteiger partial charge < -0.3 is 25.3 Å². The van der Waals surface area contributed by atoms with E-state index in [9.17, 15) is 14.9 Å². The van der Waals surface area contributed by atoms with Gasteiger partial charge >= 0.3 is 13.1 Å². The maximum atomic E-state index is 11.8. The van der Waals surface area contributed by atoms with Gasteiger partial charge in [-0.05, 0) is 23.5 Å². The SMILES string of the molecule is CC1C2B(O)Oc3c(ccc(OC4CN(CCN)C4)c3C(=O)O)C12. The van der Waals surface area contributed by atoms with E-state index in [4.69, 9.17) is 15.1 Å². The van der Waals surface area contributed by atoms with Crippen LogP contribution in [0.4, 0.5) is 0 Å². The second kappa shape index (κ2) is 5.65. The molecule has 0 aromatic heterocycles. The van der Waals surface area contributed by atoms with E-state index >= 15 is 0 Å². The highest BCUT2D eigenvalue weighted by Crippen LogP contribution is 2.65. The highest BCUT2D eigenvalue weighted by atomic mass is 16.5. The van der Waals surface area contributed by atoms with Crippen molar-refractivity contribution in [2.75, 3.05) is 26.2 Å². The average Bonchev–Trinajstić information content (AvgIpc) is 3.17. The second-order valence-electron chi connectivity index (χ2n) is 6.92. The number of ether oxygens (including phenoxy) is 1. The lowest BCUT2D eigenvalue weighted by molar-refractivity contribution is 0.0210. The molecule has 4 N–H and O–H groups in total. The third-order valence-corrected chi connectivity index (χ3v) is 5.40. The van der Waals surface area contributed by atoms with Gasteiger partial charge in [-0.2, -0.15) is 0 Å². The third-order valence-electron chi connectivity index (χ3n) is 5.40. The topological polar surface area (TPSA) is 105 Å². The van der Waals surface area contributed by atoms with Crippen LogP contribution in [0, 0.1) is 5.92 Å².